The summed E-state index contributed by atoms with van der Waals surface area (Å²) >= 11 is 0. The van der Waals surface area contributed by atoms with Crippen LogP contribution < -0.4 is 0 Å². The third-order valence-electron chi connectivity index (χ3n) is 2.92. The molecule has 106 valence electrons. The maximum Gasteiger partial charge on any atom is 0.328 e. The predicted octanol–water partition coefficient (Wildman–Crippen LogP) is 0.316. The van der Waals surface area contributed by atoms with E-state index in [2.05, 4.69) is 11.3 Å². The molecule has 0 aromatic heterocycles. The van der Waals surface area contributed by atoms with E-state index in [4.69, 9.17) is 5.11 Å². The number of rotatable bonds is 5. The Morgan fingerprint density at radius 2 is 2.21 bits per heavy atom. The van der Waals surface area contributed by atoms with Gasteiger partial charge in [-0.2, -0.15) is 0 Å². The summed E-state index contributed by atoms with van der Waals surface area (Å²) in [5.41, 5.74) is 0. The summed E-state index contributed by atoms with van der Waals surface area (Å²) in [5.74, 6) is -1.58. The topological polar surface area (TPSA) is 87.2 Å². The standard InChI is InChI=1S/C12H18N2O5/c1-3-6-13(8-10(15)16)12(18)14-7-4-5-9(14)11(17)19-2/h3,9H,1,4-8H2,2H3,(H,15,16). The van der Waals surface area contributed by atoms with Crippen LogP contribution in [0.5, 0.6) is 0 Å². The molecule has 1 aliphatic rings. The summed E-state index contributed by atoms with van der Waals surface area (Å²) in [5, 5.41) is 8.79. The molecule has 7 nitrogen and oxygen atoms in total. The molecule has 1 atom stereocenters. The Hall–Kier alpha value is -2.05. The number of amides is 2. The highest BCUT2D eigenvalue weighted by molar-refractivity contribution is 5.86. The first-order valence-electron chi connectivity index (χ1n) is 5.97. The molecule has 1 saturated heterocycles. The summed E-state index contributed by atoms with van der Waals surface area (Å²) < 4.78 is 4.65. The Kier molecular flexibility index (Phi) is 5.35. The van der Waals surface area contributed by atoms with Gasteiger partial charge in [0, 0.05) is 13.1 Å². The van der Waals surface area contributed by atoms with E-state index in [1.54, 1.807) is 0 Å². The van der Waals surface area contributed by atoms with Crippen molar-refractivity contribution in [1.29, 1.82) is 0 Å². The SMILES string of the molecule is C=CCN(CC(=O)O)C(=O)N1CCCC1C(=O)OC. The highest BCUT2D eigenvalue weighted by Crippen LogP contribution is 2.20. The highest BCUT2D eigenvalue weighted by atomic mass is 16.5. The summed E-state index contributed by atoms with van der Waals surface area (Å²) in [4.78, 5) is 37.0. The molecular formula is C12H18N2O5. The van der Waals surface area contributed by atoms with Gasteiger partial charge in [0.1, 0.15) is 12.6 Å². The maximum absolute atomic E-state index is 12.2. The number of carbonyl (C=O) groups is 3. The average Bonchev–Trinajstić information content (AvgIpc) is 2.85. The molecule has 19 heavy (non-hydrogen) atoms. The molecule has 0 aromatic carbocycles. The summed E-state index contributed by atoms with van der Waals surface area (Å²) in [6, 6.07) is -1.10. The predicted molar refractivity (Wildman–Crippen MR) is 66.5 cm³/mol. The molecule has 1 heterocycles. The second-order valence-corrected chi connectivity index (χ2v) is 4.22. The van der Waals surface area contributed by atoms with Crippen LogP contribution in [0.4, 0.5) is 4.79 Å². The quantitative estimate of drug-likeness (QED) is 0.574. The molecule has 0 aliphatic carbocycles. The van der Waals surface area contributed by atoms with Crippen molar-refractivity contribution < 1.29 is 24.2 Å². The van der Waals surface area contributed by atoms with Gasteiger partial charge in [0.15, 0.2) is 0 Å². The molecule has 0 spiro atoms. The Balaban J connectivity index is 2.79. The van der Waals surface area contributed by atoms with E-state index in [1.807, 2.05) is 0 Å². The fourth-order valence-electron chi connectivity index (χ4n) is 2.09. The molecular weight excluding hydrogens is 252 g/mol. The lowest BCUT2D eigenvalue weighted by atomic mass is 10.2. The van der Waals surface area contributed by atoms with Crippen molar-refractivity contribution in [2.75, 3.05) is 26.7 Å². The Bertz CT molecular complexity index is 382. The Morgan fingerprint density at radius 1 is 1.53 bits per heavy atom. The molecule has 1 unspecified atom stereocenters. The van der Waals surface area contributed by atoms with Crippen LogP contribution in [0.25, 0.3) is 0 Å². The summed E-state index contributed by atoms with van der Waals surface area (Å²) in [7, 11) is 1.27. The fraction of sp³-hybridized carbons (Fsp3) is 0.583. The minimum atomic E-state index is -1.11. The summed E-state index contributed by atoms with van der Waals surface area (Å²) in [6.07, 6.45) is 2.68. The lowest BCUT2D eigenvalue weighted by Gasteiger charge is -2.29. The molecule has 2 amide bonds. The zero-order valence-electron chi connectivity index (χ0n) is 10.9. The largest absolute Gasteiger partial charge is 0.480 e. The van der Waals surface area contributed by atoms with Crippen molar-refractivity contribution in [3.8, 4) is 0 Å². The first kappa shape index (κ1) is 15.0. The van der Waals surface area contributed by atoms with Gasteiger partial charge in [-0.05, 0) is 12.8 Å². The minimum absolute atomic E-state index is 0.121. The van der Waals surface area contributed by atoms with Crippen molar-refractivity contribution in [3.05, 3.63) is 12.7 Å². The number of carboxylic acid groups (broad SMARTS) is 1. The highest BCUT2D eigenvalue weighted by Gasteiger charge is 2.37. The molecule has 0 saturated carbocycles. The van der Waals surface area contributed by atoms with Crippen molar-refractivity contribution in [2.45, 2.75) is 18.9 Å². The third kappa shape index (κ3) is 3.70. The third-order valence-corrected chi connectivity index (χ3v) is 2.92. The van der Waals surface area contributed by atoms with E-state index in [9.17, 15) is 14.4 Å². The number of carboxylic acids is 1. The number of hydrogen-bond donors (Lipinski definition) is 1. The van der Waals surface area contributed by atoms with Gasteiger partial charge in [0.25, 0.3) is 0 Å². The second-order valence-electron chi connectivity index (χ2n) is 4.22. The number of esters is 1. The normalized spacial score (nSPS) is 17.9. The van der Waals surface area contributed by atoms with E-state index in [1.165, 1.54) is 18.1 Å². The average molecular weight is 270 g/mol. The lowest BCUT2D eigenvalue weighted by molar-refractivity contribution is -0.145. The monoisotopic (exact) mass is 270 g/mol. The van der Waals surface area contributed by atoms with Gasteiger partial charge < -0.3 is 19.6 Å². The van der Waals surface area contributed by atoms with Crippen LogP contribution in [0.15, 0.2) is 12.7 Å². The van der Waals surface area contributed by atoms with Crippen molar-refractivity contribution in [1.82, 2.24) is 9.80 Å². The summed E-state index contributed by atoms with van der Waals surface area (Å²) in [6.45, 7) is 3.61. The van der Waals surface area contributed by atoms with E-state index in [-0.39, 0.29) is 6.54 Å². The second kappa shape index (κ2) is 6.77. The van der Waals surface area contributed by atoms with Gasteiger partial charge in [0.2, 0.25) is 0 Å². The van der Waals surface area contributed by atoms with Crippen molar-refractivity contribution >= 4 is 18.0 Å². The Labute approximate surface area is 111 Å². The molecule has 0 radical (unpaired) electrons. The number of likely N-dealkylation sites (tertiary alicyclic amines) is 1. The van der Waals surface area contributed by atoms with Gasteiger partial charge >= 0.3 is 18.0 Å². The number of carbonyl (C=O) groups excluding carboxylic acids is 2. The fourth-order valence-corrected chi connectivity index (χ4v) is 2.09. The number of hydrogen-bond acceptors (Lipinski definition) is 4. The van der Waals surface area contributed by atoms with Gasteiger partial charge in [0.05, 0.1) is 7.11 Å². The van der Waals surface area contributed by atoms with Gasteiger partial charge in [-0.15, -0.1) is 6.58 Å². The van der Waals surface area contributed by atoms with E-state index >= 15 is 0 Å². The van der Waals surface area contributed by atoms with Crippen molar-refractivity contribution in [3.63, 3.8) is 0 Å². The van der Waals surface area contributed by atoms with Gasteiger partial charge in [-0.1, -0.05) is 6.08 Å². The number of aliphatic carboxylic acids is 1. The van der Waals surface area contributed by atoms with E-state index < -0.39 is 30.6 Å². The van der Waals surface area contributed by atoms with Crippen LogP contribution >= 0.6 is 0 Å². The number of ether oxygens (including phenoxy) is 1. The zero-order chi connectivity index (χ0) is 14.4. The molecule has 7 heteroatoms. The van der Waals surface area contributed by atoms with Crippen LogP contribution in [0.1, 0.15) is 12.8 Å². The molecule has 1 fully saturated rings. The van der Waals surface area contributed by atoms with Gasteiger partial charge in [-0.3, -0.25) is 4.79 Å². The lowest BCUT2D eigenvalue weighted by Crippen LogP contribution is -2.49. The Morgan fingerprint density at radius 3 is 2.74 bits per heavy atom. The maximum atomic E-state index is 12.2. The molecule has 1 aliphatic heterocycles. The number of urea groups is 1. The zero-order valence-corrected chi connectivity index (χ0v) is 10.9. The number of methoxy groups -OCH3 is 1. The van der Waals surface area contributed by atoms with E-state index in [0.29, 0.717) is 19.4 Å². The van der Waals surface area contributed by atoms with Gasteiger partial charge in [-0.25, -0.2) is 9.59 Å². The first-order chi connectivity index (χ1) is 9.01. The molecule has 0 aromatic rings. The first-order valence-corrected chi connectivity index (χ1v) is 5.97. The van der Waals surface area contributed by atoms with Crippen LogP contribution in [-0.4, -0.2) is 65.7 Å². The van der Waals surface area contributed by atoms with Crippen LogP contribution in [-0.2, 0) is 14.3 Å². The van der Waals surface area contributed by atoms with Crippen LogP contribution in [0.3, 0.4) is 0 Å². The smallest absolute Gasteiger partial charge is 0.328 e. The minimum Gasteiger partial charge on any atom is -0.480 e. The molecule has 1 rings (SSSR count). The van der Waals surface area contributed by atoms with E-state index in [0.717, 1.165) is 4.90 Å². The van der Waals surface area contributed by atoms with Crippen molar-refractivity contribution in [2.24, 2.45) is 0 Å². The molecule has 1 N–H and O–H groups in total. The van der Waals surface area contributed by atoms with Crippen LogP contribution in [0, 0.1) is 0 Å². The number of nitrogens with zero attached hydrogens (tertiary/aromatic N) is 2. The molecule has 0 bridgehead atoms. The van der Waals surface area contributed by atoms with Crippen LogP contribution in [0.2, 0.25) is 0 Å².